The van der Waals surface area contributed by atoms with Gasteiger partial charge in [-0.1, -0.05) is 0 Å². The van der Waals surface area contributed by atoms with Crippen LogP contribution in [0.25, 0.3) is 0 Å². The van der Waals surface area contributed by atoms with Gasteiger partial charge >= 0.3 is 6.03 Å². The first-order valence-electron chi connectivity index (χ1n) is 3.89. The molecule has 2 amide bonds. The Morgan fingerprint density at radius 2 is 2.10 bits per heavy atom. The summed E-state index contributed by atoms with van der Waals surface area (Å²) >= 11 is 0. The van der Waals surface area contributed by atoms with Gasteiger partial charge in [0.1, 0.15) is 6.54 Å². The molecule has 58 valence electrons. The Bertz CT molecular complexity index is 141. The SMILES string of the molecule is CC[N+]1(CC)CCNC1=O. The lowest BCUT2D eigenvalue weighted by molar-refractivity contribution is -0.836. The summed E-state index contributed by atoms with van der Waals surface area (Å²) in [5, 5.41) is 2.85. The molecule has 1 N–H and O–H groups in total. The number of carbonyl (C=O) groups is 1. The van der Waals surface area contributed by atoms with Crippen LogP contribution < -0.4 is 5.32 Å². The largest absolute Gasteiger partial charge is 0.416 e. The van der Waals surface area contributed by atoms with Crippen LogP contribution in [0.1, 0.15) is 13.8 Å². The number of nitrogens with one attached hydrogen (secondary N) is 1. The van der Waals surface area contributed by atoms with E-state index in [9.17, 15) is 4.79 Å². The summed E-state index contributed by atoms with van der Waals surface area (Å²) in [6.45, 7) is 7.78. The van der Waals surface area contributed by atoms with Crippen molar-refractivity contribution in [1.82, 2.24) is 5.32 Å². The van der Waals surface area contributed by atoms with Crippen molar-refractivity contribution in [3.05, 3.63) is 0 Å². The predicted octanol–water partition coefficient (Wildman–Crippen LogP) is 0.566. The molecular formula is C7H15N2O+. The summed E-state index contributed by atoms with van der Waals surface area (Å²) in [6.07, 6.45) is 0. The van der Waals surface area contributed by atoms with Crippen LogP contribution in [0.2, 0.25) is 0 Å². The zero-order chi connectivity index (χ0) is 7.61. The smallest absolute Gasteiger partial charge is 0.300 e. The maximum Gasteiger partial charge on any atom is 0.416 e. The standard InChI is InChI=1S/C7H14N2O/c1-3-9(4-2)6-5-8-7(9)10/h3-6H2,1-2H3/p+1. The highest BCUT2D eigenvalue weighted by atomic mass is 16.2. The average Bonchev–Trinajstić information content (AvgIpc) is 2.32. The van der Waals surface area contributed by atoms with E-state index in [2.05, 4.69) is 19.2 Å². The Kier molecular flexibility index (Phi) is 1.94. The monoisotopic (exact) mass is 143 g/mol. The highest BCUT2D eigenvalue weighted by Crippen LogP contribution is 2.10. The Morgan fingerprint density at radius 1 is 1.50 bits per heavy atom. The Morgan fingerprint density at radius 3 is 2.30 bits per heavy atom. The molecule has 0 aromatic heterocycles. The molecular weight excluding hydrogens is 128 g/mol. The van der Waals surface area contributed by atoms with Crippen LogP contribution in [-0.2, 0) is 0 Å². The Hall–Kier alpha value is -0.570. The third kappa shape index (κ3) is 0.904. The number of quaternary nitrogens is 1. The van der Waals surface area contributed by atoms with Crippen LogP contribution in [0.15, 0.2) is 0 Å². The second kappa shape index (κ2) is 2.58. The van der Waals surface area contributed by atoms with Gasteiger partial charge in [-0.2, -0.15) is 0 Å². The molecule has 1 saturated heterocycles. The zero-order valence-corrected chi connectivity index (χ0v) is 6.68. The van der Waals surface area contributed by atoms with Gasteiger partial charge in [0.05, 0.1) is 19.6 Å². The van der Waals surface area contributed by atoms with Crippen molar-refractivity contribution in [2.75, 3.05) is 26.2 Å². The van der Waals surface area contributed by atoms with Crippen LogP contribution in [0, 0.1) is 0 Å². The molecule has 0 saturated carbocycles. The maximum atomic E-state index is 11.2. The van der Waals surface area contributed by atoms with E-state index in [-0.39, 0.29) is 6.03 Å². The molecule has 1 rings (SSSR count). The summed E-state index contributed by atoms with van der Waals surface area (Å²) in [4.78, 5) is 11.2. The van der Waals surface area contributed by atoms with Gasteiger partial charge in [-0.05, 0) is 13.8 Å². The van der Waals surface area contributed by atoms with Crippen molar-refractivity contribution >= 4 is 6.03 Å². The fourth-order valence-corrected chi connectivity index (χ4v) is 1.47. The van der Waals surface area contributed by atoms with Crippen LogP contribution >= 0.6 is 0 Å². The first-order valence-corrected chi connectivity index (χ1v) is 3.89. The molecule has 0 unspecified atom stereocenters. The van der Waals surface area contributed by atoms with Gasteiger partial charge in [-0.3, -0.25) is 5.32 Å². The lowest BCUT2D eigenvalue weighted by Crippen LogP contribution is -2.49. The molecule has 1 aliphatic rings. The molecule has 1 fully saturated rings. The van der Waals surface area contributed by atoms with Crippen molar-refractivity contribution in [3.8, 4) is 0 Å². The van der Waals surface area contributed by atoms with E-state index in [1.807, 2.05) is 0 Å². The molecule has 1 heterocycles. The van der Waals surface area contributed by atoms with Crippen LogP contribution in [0.3, 0.4) is 0 Å². The minimum atomic E-state index is 0.199. The number of nitrogens with zero attached hydrogens (tertiary/aromatic N) is 1. The molecule has 0 spiro atoms. The molecule has 3 nitrogen and oxygen atoms in total. The molecule has 0 bridgehead atoms. The molecule has 10 heavy (non-hydrogen) atoms. The van der Waals surface area contributed by atoms with E-state index < -0.39 is 0 Å². The van der Waals surface area contributed by atoms with Crippen molar-refractivity contribution in [1.29, 1.82) is 0 Å². The first-order chi connectivity index (χ1) is 4.75. The summed E-state index contributed by atoms with van der Waals surface area (Å²) in [5.74, 6) is 0. The number of amides is 2. The number of likely N-dealkylation sites (N-methyl/N-ethyl adjacent to an activating group) is 1. The van der Waals surface area contributed by atoms with Crippen molar-refractivity contribution in [2.24, 2.45) is 0 Å². The van der Waals surface area contributed by atoms with Crippen molar-refractivity contribution < 1.29 is 9.28 Å². The van der Waals surface area contributed by atoms with Gasteiger partial charge in [0.2, 0.25) is 0 Å². The van der Waals surface area contributed by atoms with Gasteiger partial charge in [0.15, 0.2) is 0 Å². The lowest BCUT2D eigenvalue weighted by atomic mass is 10.4. The zero-order valence-electron chi connectivity index (χ0n) is 6.68. The van der Waals surface area contributed by atoms with E-state index in [0.29, 0.717) is 4.48 Å². The third-order valence-corrected chi connectivity index (χ3v) is 2.46. The second-order valence-electron chi connectivity index (χ2n) is 2.73. The van der Waals surface area contributed by atoms with Gasteiger partial charge in [-0.25, -0.2) is 9.28 Å². The van der Waals surface area contributed by atoms with E-state index in [1.54, 1.807) is 0 Å². The molecule has 0 aliphatic carbocycles. The number of rotatable bonds is 2. The quantitative estimate of drug-likeness (QED) is 0.562. The second-order valence-corrected chi connectivity index (χ2v) is 2.73. The predicted molar refractivity (Wildman–Crippen MR) is 39.6 cm³/mol. The van der Waals surface area contributed by atoms with Gasteiger partial charge < -0.3 is 0 Å². The topological polar surface area (TPSA) is 29.1 Å². The number of hydrogen-bond donors (Lipinski definition) is 1. The highest BCUT2D eigenvalue weighted by Gasteiger charge is 2.37. The normalized spacial score (nSPS) is 22.8. The van der Waals surface area contributed by atoms with Crippen LogP contribution in [0.4, 0.5) is 4.79 Å². The maximum absolute atomic E-state index is 11.2. The molecule has 0 radical (unpaired) electrons. The lowest BCUT2D eigenvalue weighted by Gasteiger charge is -2.26. The summed E-state index contributed by atoms with van der Waals surface area (Å²) in [5.41, 5.74) is 0. The van der Waals surface area contributed by atoms with E-state index in [1.165, 1.54) is 0 Å². The number of carbonyl (C=O) groups excluding carboxylic acids is 1. The Labute approximate surface area is 61.6 Å². The van der Waals surface area contributed by atoms with Crippen molar-refractivity contribution in [2.45, 2.75) is 13.8 Å². The minimum Gasteiger partial charge on any atom is -0.300 e. The number of urea groups is 1. The molecule has 3 heteroatoms. The molecule has 0 aromatic carbocycles. The molecule has 0 aromatic rings. The van der Waals surface area contributed by atoms with Gasteiger partial charge in [0, 0.05) is 0 Å². The van der Waals surface area contributed by atoms with Crippen LogP contribution in [-0.4, -0.2) is 36.7 Å². The van der Waals surface area contributed by atoms with Crippen molar-refractivity contribution in [3.63, 3.8) is 0 Å². The summed E-state index contributed by atoms with van der Waals surface area (Å²) in [6, 6.07) is 0.199. The fraction of sp³-hybridized carbons (Fsp3) is 0.857. The van der Waals surface area contributed by atoms with E-state index in [4.69, 9.17) is 0 Å². The average molecular weight is 143 g/mol. The third-order valence-electron chi connectivity index (χ3n) is 2.46. The minimum absolute atomic E-state index is 0.199. The first kappa shape index (κ1) is 7.54. The Balaban J connectivity index is 2.71. The molecule has 1 aliphatic heterocycles. The van der Waals surface area contributed by atoms with E-state index >= 15 is 0 Å². The van der Waals surface area contributed by atoms with E-state index in [0.717, 1.165) is 26.2 Å². The summed E-state index contributed by atoms with van der Waals surface area (Å²) in [7, 11) is 0. The highest BCUT2D eigenvalue weighted by molar-refractivity contribution is 5.68. The van der Waals surface area contributed by atoms with Crippen LogP contribution in [0.5, 0.6) is 0 Å². The fourth-order valence-electron chi connectivity index (χ4n) is 1.47. The number of hydrogen-bond acceptors (Lipinski definition) is 1. The van der Waals surface area contributed by atoms with Gasteiger partial charge in [0.25, 0.3) is 0 Å². The van der Waals surface area contributed by atoms with Gasteiger partial charge in [-0.15, -0.1) is 0 Å². The molecule has 0 atom stereocenters. The summed E-state index contributed by atoms with van der Waals surface area (Å²) < 4.78 is 0.625.